The Balaban J connectivity index is 1.70. The maximum absolute atomic E-state index is 11.7. The predicted molar refractivity (Wildman–Crippen MR) is 83.2 cm³/mol. The van der Waals surface area contributed by atoms with E-state index in [-0.39, 0.29) is 12.0 Å². The van der Waals surface area contributed by atoms with Crippen LogP contribution in [0.2, 0.25) is 0 Å². The van der Waals surface area contributed by atoms with E-state index in [9.17, 15) is 4.79 Å². The van der Waals surface area contributed by atoms with Crippen molar-refractivity contribution in [3.05, 3.63) is 42.0 Å². The van der Waals surface area contributed by atoms with Crippen LogP contribution >= 0.6 is 12.2 Å². The highest BCUT2D eigenvalue weighted by Gasteiger charge is 2.15. The van der Waals surface area contributed by atoms with Gasteiger partial charge in [0.25, 0.3) is 0 Å². The van der Waals surface area contributed by atoms with Crippen molar-refractivity contribution in [3.8, 4) is 0 Å². The molecule has 2 N–H and O–H groups in total. The molecule has 1 aliphatic rings. The lowest BCUT2D eigenvalue weighted by molar-refractivity contribution is -0.115. The summed E-state index contributed by atoms with van der Waals surface area (Å²) in [4.78, 5) is 11.7. The van der Waals surface area contributed by atoms with E-state index < -0.39 is 0 Å². The molecule has 1 aromatic carbocycles. The van der Waals surface area contributed by atoms with E-state index in [1.54, 1.807) is 6.08 Å². The van der Waals surface area contributed by atoms with Crippen LogP contribution in [0.3, 0.4) is 0 Å². The molecule has 1 atom stereocenters. The highest BCUT2D eigenvalue weighted by Crippen LogP contribution is 2.10. The van der Waals surface area contributed by atoms with E-state index in [1.165, 1.54) is 6.08 Å². The van der Waals surface area contributed by atoms with Gasteiger partial charge in [0.1, 0.15) is 0 Å². The van der Waals surface area contributed by atoms with Gasteiger partial charge in [0.15, 0.2) is 5.11 Å². The molecular weight excluding hydrogens is 272 g/mol. The Morgan fingerprint density at radius 2 is 2.20 bits per heavy atom. The minimum absolute atomic E-state index is 0.199. The summed E-state index contributed by atoms with van der Waals surface area (Å²) in [6.07, 6.45) is 5.54. The molecule has 1 aromatic rings. The number of amides is 1. The summed E-state index contributed by atoms with van der Waals surface area (Å²) in [6.45, 7) is 1.45. The molecule has 1 fully saturated rings. The van der Waals surface area contributed by atoms with Crippen LogP contribution in [0.4, 0.5) is 0 Å². The number of hydrogen-bond donors (Lipinski definition) is 2. The van der Waals surface area contributed by atoms with Crippen LogP contribution in [0.5, 0.6) is 0 Å². The normalized spacial score (nSPS) is 18.1. The lowest BCUT2D eigenvalue weighted by atomic mass is 10.2. The molecule has 2 rings (SSSR count). The fourth-order valence-corrected chi connectivity index (χ4v) is 2.13. The van der Waals surface area contributed by atoms with Crippen LogP contribution in [0, 0.1) is 0 Å². The van der Waals surface area contributed by atoms with Crippen LogP contribution in [0.25, 0.3) is 6.08 Å². The van der Waals surface area contributed by atoms with Gasteiger partial charge in [-0.3, -0.25) is 10.1 Å². The molecule has 1 saturated heterocycles. The summed E-state index contributed by atoms with van der Waals surface area (Å²) in [5.74, 6) is -0.237. The highest BCUT2D eigenvalue weighted by atomic mass is 32.1. The lowest BCUT2D eigenvalue weighted by Gasteiger charge is -2.12. The van der Waals surface area contributed by atoms with Crippen molar-refractivity contribution in [2.75, 3.05) is 13.2 Å². The number of benzene rings is 1. The molecule has 0 radical (unpaired) electrons. The minimum Gasteiger partial charge on any atom is -0.376 e. The average Bonchev–Trinajstić information content (AvgIpc) is 2.97. The summed E-state index contributed by atoms with van der Waals surface area (Å²) in [5, 5.41) is 5.94. The lowest BCUT2D eigenvalue weighted by Crippen LogP contribution is -2.41. The Morgan fingerprint density at radius 1 is 1.40 bits per heavy atom. The Bertz CT molecular complexity index is 482. The zero-order valence-corrected chi connectivity index (χ0v) is 12.0. The topological polar surface area (TPSA) is 50.4 Å². The molecule has 0 bridgehead atoms. The van der Waals surface area contributed by atoms with Crippen LogP contribution in [0.15, 0.2) is 36.4 Å². The molecule has 1 unspecified atom stereocenters. The summed E-state index contributed by atoms with van der Waals surface area (Å²) >= 11 is 5.06. The maximum atomic E-state index is 11.7. The van der Waals surface area contributed by atoms with Crippen molar-refractivity contribution in [3.63, 3.8) is 0 Å². The standard InChI is InChI=1S/C15H18N2O2S/c18-14(9-8-12-5-2-1-3-6-12)17-15(20)16-11-13-7-4-10-19-13/h1-3,5-6,8-9,13H,4,7,10-11H2,(H2,16,17,18,20)/b9-8+. The molecule has 0 saturated carbocycles. The van der Waals surface area contributed by atoms with Gasteiger partial charge in [-0.25, -0.2) is 0 Å². The van der Waals surface area contributed by atoms with Crippen LogP contribution in [-0.2, 0) is 9.53 Å². The molecule has 1 aliphatic heterocycles. The summed E-state index contributed by atoms with van der Waals surface area (Å²) in [6, 6.07) is 9.63. The van der Waals surface area contributed by atoms with E-state index in [1.807, 2.05) is 30.3 Å². The molecule has 4 nitrogen and oxygen atoms in total. The van der Waals surface area contributed by atoms with E-state index in [4.69, 9.17) is 17.0 Å². The Kier molecular flexibility index (Phi) is 5.70. The summed E-state index contributed by atoms with van der Waals surface area (Å²) in [7, 11) is 0. The number of ether oxygens (including phenoxy) is 1. The van der Waals surface area contributed by atoms with Gasteiger partial charge in [-0.1, -0.05) is 30.3 Å². The van der Waals surface area contributed by atoms with Gasteiger partial charge in [-0.15, -0.1) is 0 Å². The number of nitrogens with one attached hydrogen (secondary N) is 2. The first-order chi connectivity index (χ1) is 9.74. The van der Waals surface area contributed by atoms with Gasteiger partial charge in [-0.2, -0.15) is 0 Å². The second-order valence-corrected chi connectivity index (χ2v) is 4.99. The number of rotatable bonds is 4. The fraction of sp³-hybridized carbons (Fsp3) is 0.333. The summed E-state index contributed by atoms with van der Waals surface area (Å²) < 4.78 is 5.46. The van der Waals surface area contributed by atoms with Gasteiger partial charge in [-0.05, 0) is 36.7 Å². The summed E-state index contributed by atoms with van der Waals surface area (Å²) in [5.41, 5.74) is 0.973. The molecule has 5 heteroatoms. The zero-order chi connectivity index (χ0) is 14.2. The molecule has 106 valence electrons. The average molecular weight is 290 g/mol. The number of carbonyl (C=O) groups excluding carboxylic acids is 1. The SMILES string of the molecule is O=C(/C=C/c1ccccc1)NC(=S)NCC1CCCO1. The Hall–Kier alpha value is -1.72. The third-order valence-corrected chi connectivity index (χ3v) is 3.22. The first kappa shape index (κ1) is 14.7. The van der Waals surface area contributed by atoms with E-state index in [0.29, 0.717) is 11.7 Å². The van der Waals surface area contributed by atoms with Crippen LogP contribution < -0.4 is 10.6 Å². The van der Waals surface area contributed by atoms with E-state index in [0.717, 1.165) is 25.0 Å². The number of thiocarbonyl (C=S) groups is 1. The van der Waals surface area contributed by atoms with Crippen molar-refractivity contribution in [1.29, 1.82) is 0 Å². The largest absolute Gasteiger partial charge is 0.376 e. The van der Waals surface area contributed by atoms with Crippen LogP contribution in [-0.4, -0.2) is 30.3 Å². The molecule has 1 amide bonds. The van der Waals surface area contributed by atoms with Crippen LogP contribution in [0.1, 0.15) is 18.4 Å². The van der Waals surface area contributed by atoms with Gasteiger partial charge in [0.05, 0.1) is 6.10 Å². The van der Waals surface area contributed by atoms with Gasteiger partial charge >= 0.3 is 0 Å². The molecule has 1 heterocycles. The Labute approximate surface area is 124 Å². The van der Waals surface area contributed by atoms with Crippen molar-refractivity contribution in [2.45, 2.75) is 18.9 Å². The van der Waals surface area contributed by atoms with Crippen molar-refractivity contribution < 1.29 is 9.53 Å². The molecular formula is C15H18N2O2S. The van der Waals surface area contributed by atoms with Crippen molar-refractivity contribution in [1.82, 2.24) is 10.6 Å². The minimum atomic E-state index is -0.237. The Morgan fingerprint density at radius 3 is 2.90 bits per heavy atom. The first-order valence-electron chi connectivity index (χ1n) is 6.67. The first-order valence-corrected chi connectivity index (χ1v) is 7.08. The highest BCUT2D eigenvalue weighted by molar-refractivity contribution is 7.80. The third-order valence-electron chi connectivity index (χ3n) is 2.98. The quantitative estimate of drug-likeness (QED) is 0.656. The predicted octanol–water partition coefficient (Wildman–Crippen LogP) is 1.87. The third kappa shape index (κ3) is 5.11. The van der Waals surface area contributed by atoms with E-state index in [2.05, 4.69) is 10.6 Å². The van der Waals surface area contributed by atoms with Gasteiger partial charge < -0.3 is 10.1 Å². The van der Waals surface area contributed by atoms with Gasteiger partial charge in [0.2, 0.25) is 5.91 Å². The second-order valence-electron chi connectivity index (χ2n) is 4.58. The smallest absolute Gasteiger partial charge is 0.250 e. The number of hydrogen-bond acceptors (Lipinski definition) is 3. The molecule has 0 aromatic heterocycles. The molecule has 0 aliphatic carbocycles. The van der Waals surface area contributed by atoms with Gasteiger partial charge in [0, 0.05) is 19.2 Å². The van der Waals surface area contributed by atoms with Crippen molar-refractivity contribution >= 4 is 29.3 Å². The van der Waals surface area contributed by atoms with Crippen molar-refractivity contribution in [2.24, 2.45) is 0 Å². The second kappa shape index (κ2) is 7.77. The zero-order valence-electron chi connectivity index (χ0n) is 11.2. The maximum Gasteiger partial charge on any atom is 0.250 e. The van der Waals surface area contributed by atoms with E-state index >= 15 is 0 Å². The monoisotopic (exact) mass is 290 g/mol. The molecule has 20 heavy (non-hydrogen) atoms. The number of carbonyl (C=O) groups is 1. The molecule has 0 spiro atoms. The fourth-order valence-electron chi connectivity index (χ4n) is 1.95.